The second kappa shape index (κ2) is 7.93. The highest BCUT2D eigenvalue weighted by Gasteiger charge is 2.40. The van der Waals surface area contributed by atoms with Gasteiger partial charge in [-0.05, 0) is 70.5 Å². The third-order valence-electron chi connectivity index (χ3n) is 6.82. The maximum Gasteiger partial charge on any atom is 0.0252 e. The van der Waals surface area contributed by atoms with Gasteiger partial charge in [0.15, 0.2) is 0 Å². The maximum absolute atomic E-state index is 3.41. The van der Waals surface area contributed by atoms with E-state index in [1.54, 1.807) is 0 Å². The predicted molar refractivity (Wildman–Crippen MR) is 131 cm³/mol. The summed E-state index contributed by atoms with van der Waals surface area (Å²) in [4.78, 5) is 0. The van der Waals surface area contributed by atoms with Gasteiger partial charge < -0.3 is 0 Å². The van der Waals surface area contributed by atoms with Crippen molar-refractivity contribution in [3.63, 3.8) is 0 Å². The molecule has 0 amide bonds. The Labute approximate surface area is 185 Å². The molecule has 0 heteroatoms. The highest BCUT2D eigenvalue weighted by Crippen LogP contribution is 2.52. The van der Waals surface area contributed by atoms with Crippen molar-refractivity contribution in [2.24, 2.45) is 0 Å². The molecular formula is C31H26. The van der Waals surface area contributed by atoms with Crippen LogP contribution in [0.1, 0.15) is 48.9 Å². The number of benzene rings is 4. The molecule has 0 saturated carbocycles. The normalized spacial score (nSPS) is 13.1. The minimum absolute atomic E-state index is 0.0982. The zero-order chi connectivity index (χ0) is 21.3. The largest absolute Gasteiger partial charge is 0.0642 e. The minimum Gasteiger partial charge on any atom is -0.0642 e. The van der Waals surface area contributed by atoms with Gasteiger partial charge in [0.2, 0.25) is 0 Å². The SMILES string of the molecule is CCC1(CC)c2ccccc2-c2ccc(C#Cc3ccc(-c4ccccc4)cc3)cc21. The average molecular weight is 399 g/mol. The van der Waals surface area contributed by atoms with E-state index in [-0.39, 0.29) is 5.41 Å². The Bertz CT molecular complexity index is 1280. The van der Waals surface area contributed by atoms with Crippen molar-refractivity contribution in [1.29, 1.82) is 0 Å². The lowest BCUT2D eigenvalue weighted by Crippen LogP contribution is -2.23. The van der Waals surface area contributed by atoms with Crippen LogP contribution in [-0.4, -0.2) is 0 Å². The van der Waals surface area contributed by atoms with Crippen LogP contribution >= 0.6 is 0 Å². The molecule has 0 heterocycles. The molecule has 5 rings (SSSR count). The second-order valence-electron chi connectivity index (χ2n) is 8.29. The maximum atomic E-state index is 3.41. The summed E-state index contributed by atoms with van der Waals surface area (Å²) < 4.78 is 0. The van der Waals surface area contributed by atoms with E-state index in [0.717, 1.165) is 24.0 Å². The van der Waals surface area contributed by atoms with Crippen LogP contribution in [0.15, 0.2) is 97.1 Å². The van der Waals surface area contributed by atoms with Gasteiger partial charge in [-0.3, -0.25) is 0 Å². The number of fused-ring (bicyclic) bond motifs is 3. The monoisotopic (exact) mass is 398 g/mol. The first-order valence-corrected chi connectivity index (χ1v) is 11.2. The molecule has 150 valence electrons. The first-order valence-electron chi connectivity index (χ1n) is 11.2. The zero-order valence-electron chi connectivity index (χ0n) is 18.2. The summed E-state index contributed by atoms with van der Waals surface area (Å²) in [6.45, 7) is 4.62. The van der Waals surface area contributed by atoms with Gasteiger partial charge in [0.25, 0.3) is 0 Å². The average Bonchev–Trinajstić information content (AvgIpc) is 3.13. The van der Waals surface area contributed by atoms with Crippen LogP contribution < -0.4 is 0 Å². The molecule has 4 aromatic rings. The van der Waals surface area contributed by atoms with Crippen LogP contribution in [0.25, 0.3) is 22.3 Å². The third kappa shape index (κ3) is 3.28. The van der Waals surface area contributed by atoms with Crippen molar-refractivity contribution in [2.45, 2.75) is 32.1 Å². The smallest absolute Gasteiger partial charge is 0.0252 e. The lowest BCUT2D eigenvalue weighted by Gasteiger charge is -2.29. The van der Waals surface area contributed by atoms with Gasteiger partial charge in [-0.15, -0.1) is 0 Å². The van der Waals surface area contributed by atoms with Crippen LogP contribution in [0.4, 0.5) is 0 Å². The molecule has 0 unspecified atom stereocenters. The van der Waals surface area contributed by atoms with Gasteiger partial charge in [-0.25, -0.2) is 0 Å². The topological polar surface area (TPSA) is 0 Å². The number of hydrogen-bond donors (Lipinski definition) is 0. The van der Waals surface area contributed by atoms with Crippen molar-refractivity contribution in [3.8, 4) is 34.1 Å². The van der Waals surface area contributed by atoms with Crippen LogP contribution in [0, 0.1) is 11.8 Å². The Balaban J connectivity index is 1.48. The molecule has 0 radical (unpaired) electrons. The molecule has 0 spiro atoms. The molecule has 4 aromatic carbocycles. The Morgan fingerprint density at radius 1 is 0.548 bits per heavy atom. The fourth-order valence-electron chi connectivity index (χ4n) is 5.07. The molecule has 1 aliphatic carbocycles. The summed E-state index contributed by atoms with van der Waals surface area (Å²) in [5.74, 6) is 6.78. The first-order chi connectivity index (χ1) is 15.2. The highest BCUT2D eigenvalue weighted by molar-refractivity contribution is 5.81. The van der Waals surface area contributed by atoms with Crippen molar-refractivity contribution >= 4 is 0 Å². The summed E-state index contributed by atoms with van der Waals surface area (Å²) in [6, 6.07) is 34.6. The van der Waals surface area contributed by atoms with Gasteiger partial charge in [0.05, 0.1) is 0 Å². The summed E-state index contributed by atoms with van der Waals surface area (Å²) >= 11 is 0. The van der Waals surface area contributed by atoms with Gasteiger partial charge >= 0.3 is 0 Å². The number of hydrogen-bond acceptors (Lipinski definition) is 0. The van der Waals surface area contributed by atoms with Crippen molar-refractivity contribution in [3.05, 3.63) is 119 Å². The summed E-state index contributed by atoms with van der Waals surface area (Å²) in [7, 11) is 0. The van der Waals surface area contributed by atoms with Gasteiger partial charge in [-0.2, -0.15) is 0 Å². The summed E-state index contributed by atoms with van der Waals surface area (Å²) in [5, 5.41) is 0. The van der Waals surface area contributed by atoms with Gasteiger partial charge in [0, 0.05) is 16.5 Å². The third-order valence-corrected chi connectivity index (χ3v) is 6.82. The highest BCUT2D eigenvalue weighted by atomic mass is 14.4. The molecule has 0 N–H and O–H groups in total. The van der Waals surface area contributed by atoms with E-state index >= 15 is 0 Å². The quantitative estimate of drug-likeness (QED) is 0.308. The van der Waals surface area contributed by atoms with Crippen LogP contribution in [0.5, 0.6) is 0 Å². The van der Waals surface area contributed by atoms with Crippen LogP contribution in [0.3, 0.4) is 0 Å². The Kier molecular flexibility index (Phi) is 4.97. The predicted octanol–water partition coefficient (Wildman–Crippen LogP) is 7.84. The second-order valence-corrected chi connectivity index (χ2v) is 8.29. The molecule has 0 aromatic heterocycles. The van der Waals surface area contributed by atoms with Crippen molar-refractivity contribution in [2.75, 3.05) is 0 Å². The molecule has 0 bridgehead atoms. The number of rotatable bonds is 3. The van der Waals surface area contributed by atoms with E-state index in [2.05, 4.69) is 117 Å². The van der Waals surface area contributed by atoms with Crippen molar-refractivity contribution in [1.82, 2.24) is 0 Å². The molecule has 0 nitrogen and oxygen atoms in total. The molecule has 0 aliphatic heterocycles. The Morgan fingerprint density at radius 2 is 1.13 bits per heavy atom. The first kappa shape index (κ1) is 19.4. The Morgan fingerprint density at radius 3 is 1.87 bits per heavy atom. The summed E-state index contributed by atoms with van der Waals surface area (Å²) in [5.41, 5.74) is 10.3. The molecule has 31 heavy (non-hydrogen) atoms. The van der Waals surface area contributed by atoms with E-state index < -0.39 is 0 Å². The standard InChI is InChI=1S/C31H26/c1-3-31(4-2)29-13-9-8-12-27(29)28-21-18-24(22-30(28)31)15-14-23-16-19-26(20-17-23)25-10-6-5-7-11-25/h5-13,16-22H,3-4H2,1-2H3. The van der Waals surface area contributed by atoms with Crippen LogP contribution in [0.2, 0.25) is 0 Å². The molecular weight excluding hydrogens is 372 g/mol. The fraction of sp³-hybridized carbons (Fsp3) is 0.161. The van der Waals surface area contributed by atoms with E-state index in [9.17, 15) is 0 Å². The molecule has 0 atom stereocenters. The zero-order valence-corrected chi connectivity index (χ0v) is 18.2. The molecule has 0 saturated heterocycles. The minimum atomic E-state index is 0.0982. The van der Waals surface area contributed by atoms with Gasteiger partial charge in [0.1, 0.15) is 0 Å². The Hall–Kier alpha value is -3.56. The lowest BCUT2D eigenvalue weighted by atomic mass is 9.73. The van der Waals surface area contributed by atoms with Gasteiger partial charge in [-0.1, -0.05) is 98.5 Å². The van der Waals surface area contributed by atoms with E-state index in [4.69, 9.17) is 0 Å². The van der Waals surface area contributed by atoms with E-state index in [1.165, 1.54) is 33.4 Å². The van der Waals surface area contributed by atoms with E-state index in [0.29, 0.717) is 0 Å². The van der Waals surface area contributed by atoms with Crippen LogP contribution in [-0.2, 0) is 5.41 Å². The summed E-state index contributed by atoms with van der Waals surface area (Å²) in [6.07, 6.45) is 2.21. The fourth-order valence-corrected chi connectivity index (χ4v) is 5.07. The molecule has 0 fully saturated rings. The van der Waals surface area contributed by atoms with E-state index in [1.807, 2.05) is 6.07 Å². The molecule has 1 aliphatic rings. The van der Waals surface area contributed by atoms with Crippen molar-refractivity contribution < 1.29 is 0 Å². The lowest BCUT2D eigenvalue weighted by molar-refractivity contribution is 0.490.